The molecular weight excluding hydrogens is 382 g/mol. The number of β-lactam (4-membered cyclic amide) rings is 1. The second kappa shape index (κ2) is 7.95. The number of nitrogens with one attached hydrogen (secondary N) is 2. The van der Waals surface area contributed by atoms with Crippen LogP contribution in [-0.4, -0.2) is 82.8 Å². The minimum Gasteiger partial charge on any atom is -0.477 e. The molecule has 1 amide bonds. The highest BCUT2D eigenvalue weighted by Gasteiger charge is 2.60. The van der Waals surface area contributed by atoms with Gasteiger partial charge >= 0.3 is 5.97 Å². The molecule has 9 heteroatoms. The summed E-state index contributed by atoms with van der Waals surface area (Å²) >= 11 is 1.58. The molecule has 4 rings (SSSR count). The van der Waals surface area contributed by atoms with E-state index in [-0.39, 0.29) is 41.0 Å². The van der Waals surface area contributed by atoms with Crippen molar-refractivity contribution in [2.45, 2.75) is 56.2 Å². The molecule has 4 aliphatic heterocycles. The summed E-state index contributed by atoms with van der Waals surface area (Å²) in [5.74, 6) is -1.92. The summed E-state index contributed by atoms with van der Waals surface area (Å²) in [6.45, 7) is 6.95. The molecule has 0 aliphatic carbocycles. The Morgan fingerprint density at radius 3 is 2.86 bits per heavy atom. The molecule has 3 saturated heterocycles. The summed E-state index contributed by atoms with van der Waals surface area (Å²) in [6.07, 6.45) is 1.48. The minimum atomic E-state index is -1.06. The summed E-state index contributed by atoms with van der Waals surface area (Å²) < 4.78 is 5.96. The maximum Gasteiger partial charge on any atom is 0.353 e. The molecule has 7 atom stereocenters. The largest absolute Gasteiger partial charge is 0.477 e. The van der Waals surface area contributed by atoms with E-state index in [4.69, 9.17) is 4.74 Å². The highest BCUT2D eigenvalue weighted by Crippen LogP contribution is 2.51. The lowest BCUT2D eigenvalue weighted by molar-refractivity contribution is -0.163. The molecule has 0 aromatic rings. The zero-order valence-corrected chi connectivity index (χ0v) is 17.1. The van der Waals surface area contributed by atoms with Crippen LogP contribution in [-0.2, 0) is 14.3 Å². The number of carbonyl (C=O) groups is 2. The van der Waals surface area contributed by atoms with Crippen molar-refractivity contribution in [3.05, 3.63) is 10.6 Å². The van der Waals surface area contributed by atoms with Crippen LogP contribution in [0.15, 0.2) is 10.6 Å². The number of aliphatic hydroxyl groups is 1. The minimum absolute atomic E-state index is 0.0757. The Kier molecular flexibility index (Phi) is 5.72. The molecular formula is C19H29N3O5S. The Morgan fingerprint density at radius 1 is 1.43 bits per heavy atom. The maximum absolute atomic E-state index is 12.4. The molecule has 0 saturated carbocycles. The van der Waals surface area contributed by atoms with Gasteiger partial charge in [0.25, 0.3) is 0 Å². The highest BCUT2D eigenvalue weighted by atomic mass is 32.2. The van der Waals surface area contributed by atoms with Crippen molar-refractivity contribution in [2.75, 3.05) is 26.2 Å². The number of rotatable bonds is 7. The van der Waals surface area contributed by atoms with Crippen molar-refractivity contribution >= 4 is 23.6 Å². The lowest BCUT2D eigenvalue weighted by Gasteiger charge is -2.46. The van der Waals surface area contributed by atoms with Crippen LogP contribution in [0.5, 0.6) is 0 Å². The van der Waals surface area contributed by atoms with Gasteiger partial charge in [0.05, 0.1) is 30.8 Å². The van der Waals surface area contributed by atoms with Crippen molar-refractivity contribution in [3.63, 3.8) is 0 Å². The van der Waals surface area contributed by atoms with Gasteiger partial charge < -0.3 is 30.5 Å². The monoisotopic (exact) mass is 411 g/mol. The molecule has 4 N–H and O–H groups in total. The predicted molar refractivity (Wildman–Crippen MR) is 105 cm³/mol. The van der Waals surface area contributed by atoms with Gasteiger partial charge in [-0.05, 0) is 26.3 Å². The van der Waals surface area contributed by atoms with E-state index in [1.165, 1.54) is 4.90 Å². The predicted octanol–water partition coefficient (Wildman–Crippen LogP) is -0.0177. The second-order valence-electron chi connectivity index (χ2n) is 8.30. The van der Waals surface area contributed by atoms with Gasteiger partial charge in [-0.25, -0.2) is 4.79 Å². The van der Waals surface area contributed by atoms with Gasteiger partial charge in [0.2, 0.25) is 5.91 Å². The van der Waals surface area contributed by atoms with Gasteiger partial charge in [0.15, 0.2) is 0 Å². The van der Waals surface area contributed by atoms with Gasteiger partial charge in [-0.15, -0.1) is 11.8 Å². The van der Waals surface area contributed by atoms with Crippen LogP contribution in [0.2, 0.25) is 0 Å². The van der Waals surface area contributed by atoms with Crippen molar-refractivity contribution in [3.8, 4) is 0 Å². The van der Waals surface area contributed by atoms with Crippen LogP contribution >= 0.6 is 11.8 Å². The topological polar surface area (TPSA) is 111 Å². The number of carboxylic acids is 1. The average molecular weight is 412 g/mol. The highest BCUT2D eigenvalue weighted by molar-refractivity contribution is 8.03. The van der Waals surface area contributed by atoms with Crippen LogP contribution in [0.25, 0.3) is 0 Å². The molecule has 4 aliphatic rings. The summed E-state index contributed by atoms with van der Waals surface area (Å²) in [4.78, 5) is 26.5. The van der Waals surface area contributed by atoms with E-state index in [0.717, 1.165) is 37.4 Å². The van der Waals surface area contributed by atoms with E-state index in [1.54, 1.807) is 18.7 Å². The summed E-state index contributed by atoms with van der Waals surface area (Å²) in [7, 11) is 0. The van der Waals surface area contributed by atoms with E-state index in [2.05, 4.69) is 10.6 Å². The number of hydrogen-bond donors (Lipinski definition) is 4. The smallest absolute Gasteiger partial charge is 0.353 e. The zero-order chi connectivity index (χ0) is 20.0. The molecule has 4 heterocycles. The number of thioether (sulfide) groups is 1. The molecule has 0 unspecified atom stereocenters. The Bertz CT molecular complexity index is 678. The molecule has 0 spiro atoms. The fourth-order valence-electron chi connectivity index (χ4n) is 4.88. The Morgan fingerprint density at radius 2 is 2.21 bits per heavy atom. The van der Waals surface area contributed by atoms with Crippen LogP contribution in [0.1, 0.15) is 26.7 Å². The number of fused-ring (bicyclic) bond motifs is 1. The lowest BCUT2D eigenvalue weighted by Crippen LogP contribution is -2.63. The first-order chi connectivity index (χ1) is 13.4. The van der Waals surface area contributed by atoms with E-state index >= 15 is 0 Å². The zero-order valence-electron chi connectivity index (χ0n) is 16.3. The first-order valence-electron chi connectivity index (χ1n) is 10.1. The average Bonchev–Trinajstić information content (AvgIpc) is 3.34. The number of amides is 1. The van der Waals surface area contributed by atoms with E-state index in [0.29, 0.717) is 6.61 Å². The number of carboxylic acid groups (broad SMARTS) is 1. The molecule has 0 aromatic heterocycles. The van der Waals surface area contributed by atoms with E-state index in [9.17, 15) is 19.8 Å². The number of hydrogen-bond acceptors (Lipinski definition) is 7. The third-order valence-electron chi connectivity index (χ3n) is 6.33. The molecule has 0 aromatic carbocycles. The third kappa shape index (κ3) is 3.47. The maximum atomic E-state index is 12.4. The van der Waals surface area contributed by atoms with Gasteiger partial charge in [0.1, 0.15) is 5.70 Å². The Labute approximate surface area is 169 Å². The Balaban J connectivity index is 1.39. The van der Waals surface area contributed by atoms with Gasteiger partial charge in [-0.1, -0.05) is 6.92 Å². The standard InChI is InChI=1S/C19H29N3O5S/c1-9-15-14(10(2)23)18(24)22(15)16(19(25)26)17(9)28-13-5-11(21-7-13)8-27-12-3-4-20-6-12/h9-15,20-21,23H,3-8H2,1-2H3,(H,25,26)/t9-,10-,11+,12-,13-,14-,15-/m1/s1. The quantitative estimate of drug-likeness (QED) is 0.433. The number of ether oxygens (including phenoxy) is 1. The number of aliphatic carboxylic acids is 1. The van der Waals surface area contributed by atoms with Gasteiger partial charge in [-0.2, -0.15) is 0 Å². The summed E-state index contributed by atoms with van der Waals surface area (Å²) in [6, 6.07) is 0.0250. The fraction of sp³-hybridized carbons (Fsp3) is 0.789. The van der Waals surface area contributed by atoms with E-state index < -0.39 is 18.0 Å². The molecule has 0 radical (unpaired) electrons. The van der Waals surface area contributed by atoms with Crippen molar-refractivity contribution < 1.29 is 24.5 Å². The van der Waals surface area contributed by atoms with Crippen molar-refractivity contribution in [2.24, 2.45) is 11.8 Å². The van der Waals surface area contributed by atoms with Gasteiger partial charge in [0, 0.05) is 35.2 Å². The van der Waals surface area contributed by atoms with Crippen LogP contribution in [0.4, 0.5) is 0 Å². The van der Waals surface area contributed by atoms with E-state index in [1.807, 2.05) is 6.92 Å². The third-order valence-corrected chi connectivity index (χ3v) is 7.85. The molecule has 28 heavy (non-hydrogen) atoms. The normalized spacial score (nSPS) is 38.7. The first-order valence-corrected chi connectivity index (χ1v) is 11.0. The molecule has 156 valence electrons. The van der Waals surface area contributed by atoms with Crippen LogP contribution in [0, 0.1) is 11.8 Å². The first kappa shape index (κ1) is 20.2. The Hall–Kier alpha value is -1.13. The van der Waals surface area contributed by atoms with Crippen LogP contribution in [0.3, 0.4) is 0 Å². The van der Waals surface area contributed by atoms with Crippen molar-refractivity contribution in [1.82, 2.24) is 15.5 Å². The number of aliphatic hydroxyl groups excluding tert-OH is 1. The number of carbonyl (C=O) groups excluding carboxylic acids is 1. The molecule has 8 nitrogen and oxygen atoms in total. The van der Waals surface area contributed by atoms with Crippen molar-refractivity contribution in [1.29, 1.82) is 0 Å². The summed E-state index contributed by atoms with van der Waals surface area (Å²) in [5, 5.41) is 26.7. The number of nitrogens with zero attached hydrogens (tertiary/aromatic N) is 1. The fourth-order valence-corrected chi connectivity index (χ4v) is 6.40. The SMILES string of the molecule is C[C@@H](O)[C@H]1C(=O)N2C(C(=O)O)=C(S[C@H]3CN[C@H](CO[C@@H]4CCNC4)C3)[C@H](C)[C@H]12. The lowest BCUT2D eigenvalue weighted by atomic mass is 9.79. The molecule has 3 fully saturated rings. The van der Waals surface area contributed by atoms with Crippen LogP contribution < -0.4 is 10.6 Å². The summed E-state index contributed by atoms with van der Waals surface area (Å²) in [5.41, 5.74) is 0.112. The van der Waals surface area contributed by atoms with Gasteiger partial charge in [-0.3, -0.25) is 4.79 Å². The second-order valence-corrected chi connectivity index (χ2v) is 9.64. The molecule has 0 bridgehead atoms.